The van der Waals surface area contributed by atoms with Crippen molar-refractivity contribution >= 4 is 17.2 Å². The summed E-state index contributed by atoms with van der Waals surface area (Å²) in [5.41, 5.74) is 0. The Balaban J connectivity index is 3.03. The first-order valence-electron chi connectivity index (χ1n) is 3.19. The van der Waals surface area contributed by atoms with E-state index in [1.165, 1.54) is 0 Å². The SMILES string of the molecule is O=C(O)CCCCNS(=O)O. The average Bonchev–Trinajstić information content (AvgIpc) is 1.85. The normalized spacial score (nSPS) is 12.8. The Labute approximate surface area is 67.2 Å². The Bertz CT molecular complexity index is 133. The largest absolute Gasteiger partial charge is 0.481 e. The van der Waals surface area contributed by atoms with Gasteiger partial charge in [0.1, 0.15) is 0 Å². The third-order valence-electron chi connectivity index (χ3n) is 1.04. The van der Waals surface area contributed by atoms with Crippen molar-refractivity contribution < 1.29 is 18.7 Å². The number of unbranched alkanes of at least 4 members (excludes halogenated alkanes) is 1. The first-order chi connectivity index (χ1) is 5.13. The summed E-state index contributed by atoms with van der Waals surface area (Å²) in [7, 11) is 0. The quantitative estimate of drug-likeness (QED) is 0.396. The second kappa shape index (κ2) is 6.26. The second-order valence-corrected chi connectivity index (χ2v) is 2.78. The van der Waals surface area contributed by atoms with Gasteiger partial charge in [0.25, 0.3) is 0 Å². The van der Waals surface area contributed by atoms with E-state index in [0.717, 1.165) is 0 Å². The summed E-state index contributed by atoms with van der Waals surface area (Å²) in [6, 6.07) is 0. The fraction of sp³-hybridized carbons (Fsp3) is 0.800. The molecular formula is C5H11NO4S. The summed E-state index contributed by atoms with van der Waals surface area (Å²) < 4.78 is 20.4. The lowest BCUT2D eigenvalue weighted by Gasteiger charge is -1.96. The van der Waals surface area contributed by atoms with Gasteiger partial charge < -0.3 is 5.11 Å². The molecule has 0 aliphatic rings. The maximum atomic E-state index is 9.98. The Morgan fingerprint density at radius 3 is 2.55 bits per heavy atom. The highest BCUT2D eigenvalue weighted by molar-refractivity contribution is 7.77. The molecule has 0 amide bonds. The molecule has 0 radical (unpaired) electrons. The van der Waals surface area contributed by atoms with Crippen molar-refractivity contribution in [2.24, 2.45) is 0 Å². The zero-order valence-electron chi connectivity index (χ0n) is 5.95. The molecule has 6 heteroatoms. The monoisotopic (exact) mass is 181 g/mol. The number of nitrogens with one attached hydrogen (secondary N) is 1. The summed E-state index contributed by atoms with van der Waals surface area (Å²) in [6.07, 6.45) is 1.23. The minimum Gasteiger partial charge on any atom is -0.481 e. The summed E-state index contributed by atoms with van der Waals surface area (Å²) in [6.45, 7) is 0.371. The van der Waals surface area contributed by atoms with Crippen LogP contribution in [0.5, 0.6) is 0 Å². The molecule has 0 aromatic heterocycles. The molecule has 0 fully saturated rings. The van der Waals surface area contributed by atoms with Gasteiger partial charge in [0.05, 0.1) is 0 Å². The summed E-state index contributed by atoms with van der Waals surface area (Å²) >= 11 is -1.98. The second-order valence-electron chi connectivity index (χ2n) is 1.99. The molecule has 0 rings (SSSR count). The van der Waals surface area contributed by atoms with Crippen LogP contribution >= 0.6 is 0 Å². The molecule has 0 bridgehead atoms. The van der Waals surface area contributed by atoms with Gasteiger partial charge in [0.2, 0.25) is 11.3 Å². The standard InChI is InChI=1S/C5H11NO4S/c7-5(8)3-1-2-4-6-11(9)10/h6H,1-4H2,(H,7,8)(H,9,10). The first-order valence-corrected chi connectivity index (χ1v) is 4.29. The molecule has 5 nitrogen and oxygen atoms in total. The highest BCUT2D eigenvalue weighted by Gasteiger charge is 1.96. The Morgan fingerprint density at radius 1 is 1.45 bits per heavy atom. The van der Waals surface area contributed by atoms with E-state index in [9.17, 15) is 9.00 Å². The van der Waals surface area contributed by atoms with Crippen LogP contribution in [-0.2, 0) is 16.1 Å². The molecule has 0 aliphatic heterocycles. The molecule has 0 heterocycles. The van der Waals surface area contributed by atoms with E-state index in [4.69, 9.17) is 9.66 Å². The highest BCUT2D eigenvalue weighted by Crippen LogP contribution is 1.92. The Morgan fingerprint density at radius 2 is 2.09 bits per heavy atom. The molecule has 1 atom stereocenters. The van der Waals surface area contributed by atoms with E-state index in [1.807, 2.05) is 0 Å². The third kappa shape index (κ3) is 9.54. The summed E-state index contributed by atoms with van der Waals surface area (Å²) in [5, 5.41) is 8.19. The molecule has 0 aromatic rings. The van der Waals surface area contributed by atoms with Crippen LogP contribution in [0.25, 0.3) is 0 Å². The van der Waals surface area contributed by atoms with Crippen LogP contribution in [0.4, 0.5) is 0 Å². The molecular weight excluding hydrogens is 170 g/mol. The zero-order valence-corrected chi connectivity index (χ0v) is 6.76. The maximum absolute atomic E-state index is 9.98. The molecule has 3 N–H and O–H groups in total. The lowest BCUT2D eigenvalue weighted by Crippen LogP contribution is -2.17. The Kier molecular flexibility index (Phi) is 6.00. The number of carboxylic acid groups (broad SMARTS) is 1. The number of carbonyl (C=O) groups is 1. The van der Waals surface area contributed by atoms with Gasteiger partial charge in [-0.15, -0.1) is 0 Å². The minimum atomic E-state index is -1.98. The number of hydrogen-bond donors (Lipinski definition) is 3. The van der Waals surface area contributed by atoms with Crippen molar-refractivity contribution in [1.29, 1.82) is 0 Å². The number of rotatable bonds is 6. The minimum absolute atomic E-state index is 0.111. The van der Waals surface area contributed by atoms with E-state index in [-0.39, 0.29) is 6.42 Å². The smallest absolute Gasteiger partial charge is 0.303 e. The molecule has 0 aliphatic carbocycles. The predicted octanol–water partition coefficient (Wildman–Crippen LogP) is -0.0324. The predicted molar refractivity (Wildman–Crippen MR) is 40.3 cm³/mol. The van der Waals surface area contributed by atoms with Gasteiger partial charge in [0, 0.05) is 13.0 Å². The van der Waals surface area contributed by atoms with Gasteiger partial charge >= 0.3 is 5.97 Å². The van der Waals surface area contributed by atoms with Gasteiger partial charge in [-0.1, -0.05) is 0 Å². The van der Waals surface area contributed by atoms with Crippen molar-refractivity contribution in [3.8, 4) is 0 Å². The molecule has 0 saturated carbocycles. The summed E-state index contributed by atoms with van der Waals surface area (Å²) in [5.74, 6) is -0.838. The van der Waals surface area contributed by atoms with E-state index < -0.39 is 17.2 Å². The lowest BCUT2D eigenvalue weighted by molar-refractivity contribution is -0.137. The van der Waals surface area contributed by atoms with Crippen LogP contribution in [0.2, 0.25) is 0 Å². The fourth-order valence-corrected chi connectivity index (χ4v) is 0.880. The van der Waals surface area contributed by atoms with Gasteiger partial charge in [-0.05, 0) is 12.8 Å². The third-order valence-corrected chi connectivity index (χ3v) is 1.49. The van der Waals surface area contributed by atoms with Crippen LogP contribution in [0, 0.1) is 0 Å². The number of aliphatic carboxylic acids is 1. The van der Waals surface area contributed by atoms with Crippen LogP contribution < -0.4 is 4.72 Å². The van der Waals surface area contributed by atoms with Gasteiger partial charge in [-0.3, -0.25) is 9.35 Å². The van der Waals surface area contributed by atoms with Crippen molar-refractivity contribution in [3.05, 3.63) is 0 Å². The zero-order chi connectivity index (χ0) is 8.69. The van der Waals surface area contributed by atoms with Crippen molar-refractivity contribution in [1.82, 2.24) is 4.72 Å². The number of hydrogen-bond acceptors (Lipinski definition) is 2. The van der Waals surface area contributed by atoms with Crippen LogP contribution in [0.15, 0.2) is 0 Å². The van der Waals surface area contributed by atoms with E-state index in [0.29, 0.717) is 19.4 Å². The van der Waals surface area contributed by atoms with E-state index >= 15 is 0 Å². The Hall–Kier alpha value is -0.460. The van der Waals surface area contributed by atoms with E-state index in [1.54, 1.807) is 0 Å². The van der Waals surface area contributed by atoms with Gasteiger partial charge in [0.15, 0.2) is 0 Å². The van der Waals surface area contributed by atoms with Crippen LogP contribution in [0.1, 0.15) is 19.3 Å². The molecule has 0 aromatic carbocycles. The molecule has 1 unspecified atom stereocenters. The van der Waals surface area contributed by atoms with Crippen LogP contribution in [0.3, 0.4) is 0 Å². The highest BCUT2D eigenvalue weighted by atomic mass is 32.2. The fourth-order valence-electron chi connectivity index (χ4n) is 0.561. The molecule has 66 valence electrons. The first kappa shape index (κ1) is 10.5. The van der Waals surface area contributed by atoms with Gasteiger partial charge in [-0.2, -0.15) is 0 Å². The molecule has 0 saturated heterocycles. The number of carboxylic acids is 1. The molecule has 11 heavy (non-hydrogen) atoms. The average molecular weight is 181 g/mol. The lowest BCUT2D eigenvalue weighted by atomic mass is 10.2. The van der Waals surface area contributed by atoms with E-state index in [2.05, 4.69) is 4.72 Å². The maximum Gasteiger partial charge on any atom is 0.303 e. The van der Waals surface area contributed by atoms with Gasteiger partial charge in [-0.25, -0.2) is 8.93 Å². The van der Waals surface area contributed by atoms with Crippen molar-refractivity contribution in [2.75, 3.05) is 6.54 Å². The van der Waals surface area contributed by atoms with Crippen molar-refractivity contribution in [3.63, 3.8) is 0 Å². The summed E-state index contributed by atoms with van der Waals surface area (Å²) in [4.78, 5) is 9.97. The molecule has 0 spiro atoms. The van der Waals surface area contributed by atoms with Crippen molar-refractivity contribution in [2.45, 2.75) is 19.3 Å². The topological polar surface area (TPSA) is 86.6 Å². The van der Waals surface area contributed by atoms with Crippen LogP contribution in [-0.4, -0.2) is 26.4 Å².